The first-order valence-corrected chi connectivity index (χ1v) is 7.64. The minimum absolute atomic E-state index is 0.589. The summed E-state index contributed by atoms with van der Waals surface area (Å²) in [6.07, 6.45) is 0. The second-order valence-electron chi connectivity index (χ2n) is 5.58. The summed E-state index contributed by atoms with van der Waals surface area (Å²) in [6, 6.07) is 16.8. The maximum absolute atomic E-state index is 5.63. The van der Waals surface area contributed by atoms with Crippen molar-refractivity contribution in [2.75, 3.05) is 37.0 Å². The van der Waals surface area contributed by atoms with Crippen molar-refractivity contribution in [3.05, 3.63) is 59.7 Å². The molecular weight excluding hydrogens is 272 g/mol. The van der Waals surface area contributed by atoms with E-state index in [0.717, 1.165) is 24.2 Å². The van der Waals surface area contributed by atoms with Gasteiger partial charge in [-0.15, -0.1) is 0 Å². The van der Waals surface area contributed by atoms with Crippen LogP contribution in [0.2, 0.25) is 0 Å². The number of hydrogen-bond donors (Lipinski definition) is 2. The van der Waals surface area contributed by atoms with Crippen LogP contribution < -0.4 is 21.3 Å². The Hall–Kier alpha value is -2.04. The van der Waals surface area contributed by atoms with Gasteiger partial charge in [-0.2, -0.15) is 0 Å². The van der Waals surface area contributed by atoms with Gasteiger partial charge in [0.15, 0.2) is 0 Å². The molecule has 0 saturated heterocycles. The highest BCUT2D eigenvalue weighted by molar-refractivity contribution is 5.49. The van der Waals surface area contributed by atoms with Crippen molar-refractivity contribution >= 4 is 11.4 Å². The molecule has 22 heavy (non-hydrogen) atoms. The molecule has 0 fully saturated rings. The molecule has 0 bridgehead atoms. The van der Waals surface area contributed by atoms with Crippen LogP contribution in [0.25, 0.3) is 0 Å². The Morgan fingerprint density at radius 2 is 0.955 bits per heavy atom. The molecular formula is C18H26N4. The molecule has 0 aromatic heterocycles. The number of benzene rings is 2. The molecule has 2 aromatic carbocycles. The molecule has 0 radical (unpaired) electrons. The van der Waals surface area contributed by atoms with Gasteiger partial charge in [-0.3, -0.25) is 0 Å². The lowest BCUT2D eigenvalue weighted by Crippen LogP contribution is -2.30. The van der Waals surface area contributed by atoms with E-state index in [0.29, 0.717) is 13.1 Å². The normalized spacial score (nSPS) is 10.5. The molecule has 4 nitrogen and oxygen atoms in total. The van der Waals surface area contributed by atoms with Crippen molar-refractivity contribution in [2.24, 2.45) is 11.5 Å². The zero-order valence-corrected chi connectivity index (χ0v) is 13.5. The number of nitrogens with zero attached hydrogens (tertiary/aromatic N) is 2. The van der Waals surface area contributed by atoms with E-state index < -0.39 is 0 Å². The van der Waals surface area contributed by atoms with Gasteiger partial charge in [0.2, 0.25) is 0 Å². The zero-order chi connectivity index (χ0) is 15.9. The standard InChI is InChI=1S/C18H26N4/c1-21(17-7-3-15(13-19)4-8-17)11-12-22(2)18-9-5-16(14-20)6-10-18/h3-10H,11-14,19-20H2,1-2H3. The Balaban J connectivity index is 1.89. The number of hydrogen-bond acceptors (Lipinski definition) is 4. The van der Waals surface area contributed by atoms with Crippen molar-refractivity contribution < 1.29 is 0 Å². The average molecular weight is 298 g/mol. The number of rotatable bonds is 7. The van der Waals surface area contributed by atoms with E-state index in [2.05, 4.69) is 72.4 Å². The largest absolute Gasteiger partial charge is 0.373 e. The summed E-state index contributed by atoms with van der Waals surface area (Å²) in [5.41, 5.74) is 16.0. The van der Waals surface area contributed by atoms with Crippen LogP contribution in [-0.4, -0.2) is 27.2 Å². The third-order valence-corrected chi connectivity index (χ3v) is 4.00. The molecule has 0 saturated carbocycles. The fourth-order valence-electron chi connectivity index (χ4n) is 2.33. The van der Waals surface area contributed by atoms with Crippen LogP contribution in [0.1, 0.15) is 11.1 Å². The Morgan fingerprint density at radius 3 is 1.23 bits per heavy atom. The first-order chi connectivity index (χ1) is 10.6. The van der Waals surface area contributed by atoms with Gasteiger partial charge in [-0.05, 0) is 35.4 Å². The first-order valence-electron chi connectivity index (χ1n) is 7.64. The average Bonchev–Trinajstić information content (AvgIpc) is 2.59. The van der Waals surface area contributed by atoms with Gasteiger partial charge in [0.25, 0.3) is 0 Å². The lowest BCUT2D eigenvalue weighted by molar-refractivity contribution is 0.832. The molecule has 4 heteroatoms. The van der Waals surface area contributed by atoms with Gasteiger partial charge in [-0.1, -0.05) is 24.3 Å². The molecule has 0 atom stereocenters. The van der Waals surface area contributed by atoms with Crippen molar-refractivity contribution in [3.63, 3.8) is 0 Å². The van der Waals surface area contributed by atoms with Crippen molar-refractivity contribution in [2.45, 2.75) is 13.1 Å². The summed E-state index contributed by atoms with van der Waals surface area (Å²) in [7, 11) is 4.23. The van der Waals surface area contributed by atoms with Crippen molar-refractivity contribution in [1.29, 1.82) is 0 Å². The topological polar surface area (TPSA) is 58.5 Å². The maximum Gasteiger partial charge on any atom is 0.0364 e. The van der Waals surface area contributed by atoms with Gasteiger partial charge in [0.05, 0.1) is 0 Å². The van der Waals surface area contributed by atoms with Gasteiger partial charge in [0, 0.05) is 51.6 Å². The SMILES string of the molecule is CN(CCN(C)c1ccc(CN)cc1)c1ccc(CN)cc1. The summed E-state index contributed by atoms with van der Waals surface area (Å²) < 4.78 is 0. The van der Waals surface area contributed by atoms with E-state index in [1.54, 1.807) is 0 Å². The molecule has 4 N–H and O–H groups in total. The second-order valence-corrected chi connectivity index (χ2v) is 5.58. The van der Waals surface area contributed by atoms with Crippen LogP contribution in [-0.2, 0) is 13.1 Å². The minimum Gasteiger partial charge on any atom is -0.373 e. The summed E-state index contributed by atoms with van der Waals surface area (Å²) >= 11 is 0. The third-order valence-electron chi connectivity index (χ3n) is 4.00. The molecule has 0 heterocycles. The van der Waals surface area contributed by atoms with Crippen LogP contribution in [0.4, 0.5) is 11.4 Å². The van der Waals surface area contributed by atoms with Crippen molar-refractivity contribution in [3.8, 4) is 0 Å². The molecule has 118 valence electrons. The van der Waals surface area contributed by atoms with E-state index in [-0.39, 0.29) is 0 Å². The predicted molar refractivity (Wildman–Crippen MR) is 95.2 cm³/mol. The van der Waals surface area contributed by atoms with E-state index in [4.69, 9.17) is 11.5 Å². The number of anilines is 2. The van der Waals surface area contributed by atoms with Crippen LogP contribution >= 0.6 is 0 Å². The predicted octanol–water partition coefficient (Wildman–Crippen LogP) is 2.18. The summed E-state index contributed by atoms with van der Waals surface area (Å²) in [5, 5.41) is 0. The van der Waals surface area contributed by atoms with Crippen LogP contribution in [0.15, 0.2) is 48.5 Å². The molecule has 0 aliphatic carbocycles. The van der Waals surface area contributed by atoms with Crippen LogP contribution in [0.5, 0.6) is 0 Å². The summed E-state index contributed by atoms with van der Waals surface area (Å²) in [4.78, 5) is 4.51. The smallest absolute Gasteiger partial charge is 0.0364 e. The zero-order valence-electron chi connectivity index (χ0n) is 13.5. The quantitative estimate of drug-likeness (QED) is 0.822. The Morgan fingerprint density at radius 1 is 0.636 bits per heavy atom. The van der Waals surface area contributed by atoms with E-state index in [9.17, 15) is 0 Å². The molecule has 0 amide bonds. The highest BCUT2D eigenvalue weighted by Gasteiger charge is 2.05. The van der Waals surface area contributed by atoms with Gasteiger partial charge >= 0.3 is 0 Å². The van der Waals surface area contributed by atoms with Crippen LogP contribution in [0.3, 0.4) is 0 Å². The third kappa shape index (κ3) is 4.23. The lowest BCUT2D eigenvalue weighted by Gasteiger charge is -2.25. The van der Waals surface area contributed by atoms with Gasteiger partial charge in [-0.25, -0.2) is 0 Å². The molecule has 2 rings (SSSR count). The number of likely N-dealkylation sites (N-methyl/N-ethyl adjacent to an activating group) is 2. The minimum atomic E-state index is 0.589. The van der Waals surface area contributed by atoms with E-state index in [1.165, 1.54) is 11.4 Å². The molecule has 0 spiro atoms. The van der Waals surface area contributed by atoms with Gasteiger partial charge in [0.1, 0.15) is 0 Å². The molecule has 2 aromatic rings. The van der Waals surface area contributed by atoms with Crippen LogP contribution in [0, 0.1) is 0 Å². The maximum atomic E-state index is 5.63. The summed E-state index contributed by atoms with van der Waals surface area (Å²) in [5.74, 6) is 0. The fraction of sp³-hybridized carbons (Fsp3) is 0.333. The lowest BCUT2D eigenvalue weighted by atomic mass is 10.2. The Bertz CT molecular complexity index is 509. The van der Waals surface area contributed by atoms with E-state index in [1.807, 2.05) is 0 Å². The van der Waals surface area contributed by atoms with Gasteiger partial charge < -0.3 is 21.3 Å². The molecule has 0 aliphatic heterocycles. The highest BCUT2D eigenvalue weighted by Crippen LogP contribution is 2.16. The molecule has 0 aliphatic rings. The number of nitrogens with two attached hydrogens (primary N) is 2. The second kappa shape index (κ2) is 7.82. The molecule has 0 unspecified atom stereocenters. The Labute approximate surface area is 133 Å². The highest BCUT2D eigenvalue weighted by atomic mass is 15.2. The van der Waals surface area contributed by atoms with Crippen molar-refractivity contribution in [1.82, 2.24) is 0 Å². The fourth-order valence-corrected chi connectivity index (χ4v) is 2.33. The monoisotopic (exact) mass is 298 g/mol. The Kier molecular flexibility index (Phi) is 5.81. The summed E-state index contributed by atoms with van der Waals surface area (Å²) in [6.45, 7) is 3.09. The van der Waals surface area contributed by atoms with E-state index >= 15 is 0 Å². The first kappa shape index (κ1) is 16.3.